The van der Waals surface area contributed by atoms with Crippen LogP contribution < -0.4 is 5.32 Å². The molecule has 3 unspecified atom stereocenters. The first-order chi connectivity index (χ1) is 9.42. The molecule has 1 heterocycles. The lowest BCUT2D eigenvalue weighted by Crippen LogP contribution is -2.51. The van der Waals surface area contributed by atoms with Gasteiger partial charge in [-0.3, -0.25) is 0 Å². The highest BCUT2D eigenvalue weighted by atomic mass is 16.3. The fourth-order valence-corrected chi connectivity index (χ4v) is 3.39. The topological polar surface area (TPSA) is 35.5 Å². The fourth-order valence-electron chi connectivity index (χ4n) is 3.39. The summed E-state index contributed by atoms with van der Waals surface area (Å²) in [6.45, 7) is 15.2. The quantitative estimate of drug-likeness (QED) is 0.719. The Balaban J connectivity index is 2.37. The zero-order chi connectivity index (χ0) is 15.2. The van der Waals surface area contributed by atoms with Crippen LogP contribution in [0.5, 0.6) is 0 Å². The molecule has 0 saturated carbocycles. The van der Waals surface area contributed by atoms with Crippen LogP contribution >= 0.6 is 0 Å². The number of aliphatic hydroxyl groups is 1. The summed E-state index contributed by atoms with van der Waals surface area (Å²) >= 11 is 0. The summed E-state index contributed by atoms with van der Waals surface area (Å²) in [7, 11) is 0. The molecular formula is C17H36N2O. The monoisotopic (exact) mass is 284 g/mol. The molecule has 3 heteroatoms. The van der Waals surface area contributed by atoms with E-state index < -0.39 is 0 Å². The van der Waals surface area contributed by atoms with Crippen molar-refractivity contribution in [1.82, 2.24) is 10.2 Å². The second kappa shape index (κ2) is 8.35. The maximum Gasteiger partial charge on any atom is 0.0613 e. The van der Waals surface area contributed by atoms with Crippen molar-refractivity contribution in [2.24, 2.45) is 11.8 Å². The van der Waals surface area contributed by atoms with Crippen molar-refractivity contribution in [2.75, 3.05) is 26.2 Å². The maximum atomic E-state index is 9.76. The smallest absolute Gasteiger partial charge is 0.0613 e. The van der Waals surface area contributed by atoms with Crippen molar-refractivity contribution in [3.8, 4) is 0 Å². The lowest BCUT2D eigenvalue weighted by molar-refractivity contribution is 0.112. The summed E-state index contributed by atoms with van der Waals surface area (Å²) in [6.07, 6.45) is 4.58. The highest BCUT2D eigenvalue weighted by Gasteiger charge is 2.28. The van der Waals surface area contributed by atoms with E-state index in [0.29, 0.717) is 6.04 Å². The Morgan fingerprint density at radius 3 is 2.50 bits per heavy atom. The van der Waals surface area contributed by atoms with E-state index in [1.54, 1.807) is 0 Å². The average molecular weight is 284 g/mol. The minimum Gasteiger partial charge on any atom is -0.394 e. The van der Waals surface area contributed by atoms with Gasteiger partial charge in [0, 0.05) is 18.1 Å². The highest BCUT2D eigenvalue weighted by molar-refractivity contribution is 4.88. The minimum absolute atomic E-state index is 0.0805. The molecule has 1 saturated heterocycles. The Kier molecular flexibility index (Phi) is 7.49. The number of aliphatic hydroxyl groups excluding tert-OH is 1. The van der Waals surface area contributed by atoms with Gasteiger partial charge < -0.3 is 15.3 Å². The molecule has 2 N–H and O–H groups in total. The molecule has 3 nitrogen and oxygen atoms in total. The van der Waals surface area contributed by atoms with Gasteiger partial charge in [-0.2, -0.15) is 0 Å². The Bertz CT molecular complexity index is 264. The number of hydrogen-bond acceptors (Lipinski definition) is 3. The molecule has 1 aliphatic heterocycles. The zero-order valence-electron chi connectivity index (χ0n) is 14.3. The van der Waals surface area contributed by atoms with Crippen molar-refractivity contribution < 1.29 is 5.11 Å². The molecule has 0 aliphatic carbocycles. The van der Waals surface area contributed by atoms with Crippen LogP contribution in [0.3, 0.4) is 0 Å². The highest BCUT2D eigenvalue weighted by Crippen LogP contribution is 2.24. The number of piperidine rings is 1. The minimum atomic E-state index is -0.0805. The normalized spacial score (nSPS) is 27.8. The van der Waals surface area contributed by atoms with E-state index in [1.165, 1.54) is 32.5 Å². The van der Waals surface area contributed by atoms with Crippen LogP contribution in [-0.2, 0) is 0 Å². The van der Waals surface area contributed by atoms with E-state index in [-0.39, 0.29) is 12.1 Å². The summed E-state index contributed by atoms with van der Waals surface area (Å²) in [5, 5.41) is 13.3. The fraction of sp³-hybridized carbons (Fsp3) is 1.00. The standard InChI is InChI=1S/C17H36N2O/c1-6-17(13-20,18-14(2)3)9-7-10-19-11-8-15(4)16(5)12-19/h14-16,18,20H,6-13H2,1-5H3. The second-order valence-electron chi connectivity index (χ2n) is 7.24. The lowest BCUT2D eigenvalue weighted by Gasteiger charge is -2.37. The number of likely N-dealkylation sites (tertiary alicyclic amines) is 1. The average Bonchev–Trinajstić information content (AvgIpc) is 2.41. The van der Waals surface area contributed by atoms with E-state index in [2.05, 4.69) is 44.8 Å². The van der Waals surface area contributed by atoms with Gasteiger partial charge in [-0.15, -0.1) is 0 Å². The van der Waals surface area contributed by atoms with Crippen molar-refractivity contribution in [1.29, 1.82) is 0 Å². The largest absolute Gasteiger partial charge is 0.394 e. The van der Waals surface area contributed by atoms with Gasteiger partial charge in [0.05, 0.1) is 6.61 Å². The summed E-state index contributed by atoms with van der Waals surface area (Å²) in [5.74, 6) is 1.70. The number of nitrogens with zero attached hydrogens (tertiary/aromatic N) is 1. The molecule has 1 aliphatic rings. The third-order valence-corrected chi connectivity index (χ3v) is 5.12. The van der Waals surface area contributed by atoms with E-state index in [1.807, 2.05) is 0 Å². The van der Waals surface area contributed by atoms with E-state index in [0.717, 1.165) is 24.7 Å². The SMILES string of the molecule is CCC(CO)(CCCN1CCC(C)C(C)C1)NC(C)C. The Labute approximate surface area is 126 Å². The summed E-state index contributed by atoms with van der Waals surface area (Å²) in [6, 6.07) is 0.429. The molecule has 120 valence electrons. The van der Waals surface area contributed by atoms with Crippen LogP contribution in [0, 0.1) is 11.8 Å². The van der Waals surface area contributed by atoms with Gasteiger partial charge >= 0.3 is 0 Å². The van der Waals surface area contributed by atoms with E-state index in [4.69, 9.17) is 0 Å². The molecule has 1 rings (SSSR count). The zero-order valence-corrected chi connectivity index (χ0v) is 14.3. The second-order valence-corrected chi connectivity index (χ2v) is 7.24. The first-order valence-electron chi connectivity index (χ1n) is 8.53. The molecule has 1 fully saturated rings. The van der Waals surface area contributed by atoms with Gasteiger partial charge in [0.15, 0.2) is 0 Å². The van der Waals surface area contributed by atoms with Gasteiger partial charge in [0.1, 0.15) is 0 Å². The van der Waals surface area contributed by atoms with Gasteiger partial charge in [-0.05, 0) is 50.6 Å². The van der Waals surface area contributed by atoms with Crippen LogP contribution in [0.2, 0.25) is 0 Å². The number of nitrogens with one attached hydrogen (secondary N) is 1. The predicted octanol–water partition coefficient (Wildman–Crippen LogP) is 2.88. The first kappa shape index (κ1) is 17.9. The molecule has 0 radical (unpaired) electrons. The molecule has 0 bridgehead atoms. The summed E-state index contributed by atoms with van der Waals surface area (Å²) in [5.41, 5.74) is -0.0805. The van der Waals surface area contributed by atoms with Crippen LogP contribution in [-0.4, -0.2) is 47.8 Å². The van der Waals surface area contributed by atoms with Crippen molar-refractivity contribution in [2.45, 2.75) is 71.9 Å². The lowest BCUT2D eigenvalue weighted by atomic mass is 9.87. The van der Waals surface area contributed by atoms with Gasteiger partial charge in [0.25, 0.3) is 0 Å². The van der Waals surface area contributed by atoms with Crippen LogP contribution in [0.15, 0.2) is 0 Å². The number of hydrogen-bond donors (Lipinski definition) is 2. The van der Waals surface area contributed by atoms with Gasteiger partial charge in [-0.25, -0.2) is 0 Å². The molecule has 20 heavy (non-hydrogen) atoms. The maximum absolute atomic E-state index is 9.76. The van der Waals surface area contributed by atoms with E-state index in [9.17, 15) is 5.11 Å². The molecular weight excluding hydrogens is 248 g/mol. The predicted molar refractivity (Wildman–Crippen MR) is 87.0 cm³/mol. The molecule has 0 aromatic heterocycles. The molecule has 0 amide bonds. The molecule has 0 aromatic carbocycles. The van der Waals surface area contributed by atoms with Gasteiger partial charge in [0.2, 0.25) is 0 Å². The van der Waals surface area contributed by atoms with Crippen molar-refractivity contribution in [3.63, 3.8) is 0 Å². The Morgan fingerprint density at radius 2 is 2.00 bits per heavy atom. The third-order valence-electron chi connectivity index (χ3n) is 5.12. The molecule has 0 spiro atoms. The molecule has 3 atom stereocenters. The Hall–Kier alpha value is -0.120. The summed E-state index contributed by atoms with van der Waals surface area (Å²) in [4.78, 5) is 2.61. The van der Waals surface area contributed by atoms with Crippen LogP contribution in [0.1, 0.15) is 60.3 Å². The summed E-state index contributed by atoms with van der Waals surface area (Å²) < 4.78 is 0. The number of rotatable bonds is 8. The molecule has 0 aromatic rings. The van der Waals surface area contributed by atoms with Crippen LogP contribution in [0.25, 0.3) is 0 Å². The van der Waals surface area contributed by atoms with Crippen molar-refractivity contribution in [3.05, 3.63) is 0 Å². The van der Waals surface area contributed by atoms with E-state index >= 15 is 0 Å². The van der Waals surface area contributed by atoms with Gasteiger partial charge in [-0.1, -0.05) is 34.6 Å². The van der Waals surface area contributed by atoms with Crippen molar-refractivity contribution >= 4 is 0 Å². The van der Waals surface area contributed by atoms with Crippen LogP contribution in [0.4, 0.5) is 0 Å². The third kappa shape index (κ3) is 5.34. The Morgan fingerprint density at radius 1 is 1.30 bits per heavy atom. The first-order valence-corrected chi connectivity index (χ1v) is 8.53.